The summed E-state index contributed by atoms with van der Waals surface area (Å²) < 4.78 is 1.02. The first-order valence-electron chi connectivity index (χ1n) is 5.98. The summed E-state index contributed by atoms with van der Waals surface area (Å²) in [6.45, 7) is 5.07. The minimum atomic E-state index is -0.315. The van der Waals surface area contributed by atoms with E-state index in [1.807, 2.05) is 38.1 Å². The third-order valence-electron chi connectivity index (χ3n) is 3.39. The molecule has 1 aromatic rings. The minimum absolute atomic E-state index is 0.0285. The van der Waals surface area contributed by atoms with Crippen LogP contribution in [0.2, 0.25) is 0 Å². The van der Waals surface area contributed by atoms with Gasteiger partial charge < -0.3 is 16.0 Å². The predicted octanol–water partition coefficient (Wildman–Crippen LogP) is 2.25. The molecule has 1 unspecified atom stereocenters. The fraction of sp³-hybridized carbons (Fsp3) is 0.462. The fourth-order valence-corrected chi connectivity index (χ4v) is 2.50. The number of nitrogens with two attached hydrogens (primary N) is 1. The highest BCUT2D eigenvalue weighted by Crippen LogP contribution is 2.27. The summed E-state index contributed by atoms with van der Waals surface area (Å²) in [6.07, 6.45) is 0. The van der Waals surface area contributed by atoms with Crippen LogP contribution in [0.25, 0.3) is 0 Å². The number of benzene rings is 1. The van der Waals surface area contributed by atoms with Gasteiger partial charge in [0.15, 0.2) is 0 Å². The van der Waals surface area contributed by atoms with Crippen molar-refractivity contribution in [1.29, 1.82) is 0 Å². The van der Waals surface area contributed by atoms with E-state index in [0.29, 0.717) is 13.1 Å². The molecule has 0 bridgehead atoms. The maximum absolute atomic E-state index is 12.0. The highest BCUT2D eigenvalue weighted by molar-refractivity contribution is 9.10. The molecule has 1 heterocycles. The molecule has 18 heavy (non-hydrogen) atoms. The maximum atomic E-state index is 12.0. The molecule has 0 aliphatic carbocycles. The van der Waals surface area contributed by atoms with Gasteiger partial charge in [-0.3, -0.25) is 0 Å². The molecule has 1 fully saturated rings. The molecule has 98 valence electrons. The molecule has 3 N–H and O–H groups in total. The van der Waals surface area contributed by atoms with Gasteiger partial charge in [0.25, 0.3) is 0 Å². The zero-order valence-electron chi connectivity index (χ0n) is 10.6. The van der Waals surface area contributed by atoms with E-state index in [4.69, 9.17) is 5.73 Å². The lowest BCUT2D eigenvalue weighted by molar-refractivity contribution is 0.163. The van der Waals surface area contributed by atoms with Gasteiger partial charge in [-0.2, -0.15) is 0 Å². The molecule has 0 saturated carbocycles. The Bertz CT molecular complexity index is 461. The molecule has 0 radical (unpaired) electrons. The summed E-state index contributed by atoms with van der Waals surface area (Å²) in [4.78, 5) is 13.8. The van der Waals surface area contributed by atoms with Gasteiger partial charge in [-0.25, -0.2) is 4.79 Å². The van der Waals surface area contributed by atoms with Crippen LogP contribution in [-0.2, 0) is 0 Å². The van der Waals surface area contributed by atoms with Crippen molar-refractivity contribution in [2.45, 2.75) is 25.4 Å². The van der Waals surface area contributed by atoms with Crippen molar-refractivity contribution in [2.24, 2.45) is 5.73 Å². The van der Waals surface area contributed by atoms with Gasteiger partial charge in [0.2, 0.25) is 0 Å². The van der Waals surface area contributed by atoms with E-state index >= 15 is 0 Å². The van der Waals surface area contributed by atoms with E-state index in [1.54, 1.807) is 4.90 Å². The standard InChI is InChI=1S/C13H18BrN3O/c1-13(2,8-15)17-7-11(16-12(17)18)9-4-3-5-10(14)6-9/h3-6,11H,7-8,15H2,1-2H3,(H,16,18). The van der Waals surface area contributed by atoms with Gasteiger partial charge in [-0.15, -0.1) is 0 Å². The molecule has 1 aliphatic heterocycles. The molecule has 4 nitrogen and oxygen atoms in total. The van der Waals surface area contributed by atoms with Gasteiger partial charge in [0.05, 0.1) is 11.6 Å². The average molecular weight is 312 g/mol. The fourth-order valence-electron chi connectivity index (χ4n) is 2.08. The normalized spacial score (nSPS) is 20.1. The van der Waals surface area contributed by atoms with E-state index in [1.165, 1.54) is 0 Å². The average Bonchev–Trinajstić information content (AvgIpc) is 2.72. The van der Waals surface area contributed by atoms with E-state index < -0.39 is 0 Å². The number of hydrogen-bond acceptors (Lipinski definition) is 2. The Morgan fingerprint density at radius 1 is 1.56 bits per heavy atom. The summed E-state index contributed by atoms with van der Waals surface area (Å²) in [5.74, 6) is 0. The minimum Gasteiger partial charge on any atom is -0.329 e. The predicted molar refractivity (Wildman–Crippen MR) is 75.3 cm³/mol. The number of nitrogens with one attached hydrogen (secondary N) is 1. The first kappa shape index (κ1) is 13.4. The zero-order chi connectivity index (χ0) is 13.3. The summed E-state index contributed by atoms with van der Waals surface area (Å²) in [6, 6.07) is 7.99. The number of rotatable bonds is 3. The zero-order valence-corrected chi connectivity index (χ0v) is 12.2. The Labute approximate surface area is 116 Å². The van der Waals surface area contributed by atoms with Gasteiger partial charge in [-0.1, -0.05) is 28.1 Å². The Morgan fingerprint density at radius 2 is 2.28 bits per heavy atom. The van der Waals surface area contributed by atoms with Crippen molar-refractivity contribution < 1.29 is 4.79 Å². The van der Waals surface area contributed by atoms with Gasteiger partial charge >= 0.3 is 6.03 Å². The van der Waals surface area contributed by atoms with E-state index in [2.05, 4.69) is 21.2 Å². The first-order valence-corrected chi connectivity index (χ1v) is 6.77. The number of hydrogen-bond donors (Lipinski definition) is 2. The second-order valence-electron chi connectivity index (χ2n) is 5.18. The Hall–Kier alpha value is -1.07. The van der Waals surface area contributed by atoms with Crippen molar-refractivity contribution in [1.82, 2.24) is 10.2 Å². The number of carbonyl (C=O) groups excluding carboxylic acids is 1. The number of carbonyl (C=O) groups is 1. The third-order valence-corrected chi connectivity index (χ3v) is 3.88. The molecular formula is C13H18BrN3O. The van der Waals surface area contributed by atoms with E-state index in [9.17, 15) is 4.79 Å². The van der Waals surface area contributed by atoms with Gasteiger partial charge in [-0.05, 0) is 31.5 Å². The van der Waals surface area contributed by atoms with Crippen molar-refractivity contribution in [3.8, 4) is 0 Å². The van der Waals surface area contributed by atoms with Crippen molar-refractivity contribution in [3.05, 3.63) is 34.3 Å². The van der Waals surface area contributed by atoms with Crippen LogP contribution < -0.4 is 11.1 Å². The van der Waals surface area contributed by atoms with Crippen LogP contribution in [0.1, 0.15) is 25.5 Å². The molecule has 1 atom stereocenters. The molecule has 1 saturated heterocycles. The van der Waals surface area contributed by atoms with Crippen LogP contribution in [-0.4, -0.2) is 29.6 Å². The Morgan fingerprint density at radius 3 is 2.89 bits per heavy atom. The number of nitrogens with zero attached hydrogens (tertiary/aromatic N) is 1. The van der Waals surface area contributed by atoms with Gasteiger partial charge in [0.1, 0.15) is 0 Å². The second kappa shape index (κ2) is 4.90. The molecule has 5 heteroatoms. The Balaban J connectivity index is 2.19. The van der Waals surface area contributed by atoms with Crippen LogP contribution in [0, 0.1) is 0 Å². The molecule has 2 rings (SSSR count). The third kappa shape index (κ3) is 2.52. The molecule has 1 aromatic carbocycles. The van der Waals surface area contributed by atoms with Crippen LogP contribution >= 0.6 is 15.9 Å². The maximum Gasteiger partial charge on any atom is 0.318 e. The summed E-state index contributed by atoms with van der Waals surface area (Å²) in [5, 5.41) is 3.00. The SMILES string of the molecule is CC(C)(CN)N1CC(c2cccc(Br)c2)NC1=O. The van der Waals surface area contributed by atoms with Crippen molar-refractivity contribution in [3.63, 3.8) is 0 Å². The van der Waals surface area contributed by atoms with Crippen LogP contribution in [0.5, 0.6) is 0 Å². The topological polar surface area (TPSA) is 58.4 Å². The molecular weight excluding hydrogens is 294 g/mol. The summed E-state index contributed by atoms with van der Waals surface area (Å²) in [5.41, 5.74) is 6.52. The van der Waals surface area contributed by atoms with Crippen molar-refractivity contribution in [2.75, 3.05) is 13.1 Å². The molecule has 1 aliphatic rings. The van der Waals surface area contributed by atoms with E-state index in [-0.39, 0.29) is 17.6 Å². The summed E-state index contributed by atoms with van der Waals surface area (Å²) in [7, 11) is 0. The lowest BCUT2D eigenvalue weighted by Gasteiger charge is -2.33. The molecule has 0 spiro atoms. The monoisotopic (exact) mass is 311 g/mol. The number of amides is 2. The van der Waals surface area contributed by atoms with Crippen molar-refractivity contribution >= 4 is 22.0 Å². The summed E-state index contributed by atoms with van der Waals surface area (Å²) >= 11 is 3.45. The van der Waals surface area contributed by atoms with Crippen LogP contribution in [0.15, 0.2) is 28.7 Å². The highest BCUT2D eigenvalue weighted by atomic mass is 79.9. The molecule has 2 amide bonds. The van der Waals surface area contributed by atoms with E-state index in [0.717, 1.165) is 10.0 Å². The number of urea groups is 1. The smallest absolute Gasteiger partial charge is 0.318 e. The quantitative estimate of drug-likeness (QED) is 0.899. The molecule has 0 aromatic heterocycles. The first-order chi connectivity index (χ1) is 8.44. The van der Waals surface area contributed by atoms with Gasteiger partial charge in [0, 0.05) is 17.6 Å². The number of halogens is 1. The van der Waals surface area contributed by atoms with Crippen LogP contribution in [0.4, 0.5) is 4.79 Å². The lowest BCUT2D eigenvalue weighted by atomic mass is 10.0. The highest BCUT2D eigenvalue weighted by Gasteiger charge is 2.38. The largest absolute Gasteiger partial charge is 0.329 e. The second-order valence-corrected chi connectivity index (χ2v) is 6.10. The van der Waals surface area contributed by atoms with Crippen LogP contribution in [0.3, 0.4) is 0 Å². The lowest BCUT2D eigenvalue weighted by Crippen LogP contribution is -2.50. The Kier molecular flexibility index (Phi) is 3.64.